The Morgan fingerprint density at radius 3 is 2.48 bits per heavy atom. The molecule has 1 N–H and O–H groups in total. The average Bonchev–Trinajstić information content (AvgIpc) is 2.63. The number of hydrogen-bond acceptors (Lipinski definition) is 5. The van der Waals surface area contributed by atoms with E-state index in [1.165, 1.54) is 6.21 Å². The molecule has 2 rings (SSSR count). The van der Waals surface area contributed by atoms with Gasteiger partial charge in [-0.1, -0.05) is 22.9 Å². The molecule has 0 atom stereocenters. The van der Waals surface area contributed by atoms with Crippen molar-refractivity contribution in [2.75, 3.05) is 25.1 Å². The van der Waals surface area contributed by atoms with Crippen molar-refractivity contribution in [3.8, 4) is 11.5 Å². The van der Waals surface area contributed by atoms with Crippen molar-refractivity contribution in [3.63, 3.8) is 0 Å². The molecule has 0 heterocycles. The van der Waals surface area contributed by atoms with Crippen LogP contribution >= 0.6 is 0 Å². The standard InChI is InChI=1S/C21H26N2O4/c1-5-25-19-10-8-17(12-20(19)26-6-2)13-22-27-14-21(24)23-18-9-7-15(3)11-16(18)4/h7-13H,5-6,14H2,1-4H3,(H,23,24). The number of hydrogen-bond donors (Lipinski definition) is 1. The van der Waals surface area contributed by atoms with Gasteiger partial charge >= 0.3 is 0 Å². The third kappa shape index (κ3) is 6.33. The van der Waals surface area contributed by atoms with Gasteiger partial charge in [0, 0.05) is 11.3 Å². The Labute approximate surface area is 160 Å². The Morgan fingerprint density at radius 1 is 1.04 bits per heavy atom. The molecular formula is C21H26N2O4. The van der Waals surface area contributed by atoms with Gasteiger partial charge in [0.1, 0.15) is 0 Å². The molecule has 0 saturated carbocycles. The van der Waals surface area contributed by atoms with Crippen LogP contribution in [0.3, 0.4) is 0 Å². The number of rotatable bonds is 9. The minimum Gasteiger partial charge on any atom is -0.490 e. The van der Waals surface area contributed by atoms with E-state index in [0.717, 1.165) is 22.4 Å². The lowest BCUT2D eigenvalue weighted by Crippen LogP contribution is -2.17. The van der Waals surface area contributed by atoms with Crippen molar-refractivity contribution < 1.29 is 19.1 Å². The van der Waals surface area contributed by atoms with Crippen LogP contribution in [0.15, 0.2) is 41.6 Å². The highest BCUT2D eigenvalue weighted by molar-refractivity contribution is 5.92. The third-order valence-electron chi connectivity index (χ3n) is 3.70. The molecule has 0 aliphatic heterocycles. The van der Waals surface area contributed by atoms with E-state index in [1.807, 2.05) is 64.1 Å². The van der Waals surface area contributed by atoms with Crippen LogP contribution in [0, 0.1) is 13.8 Å². The Morgan fingerprint density at radius 2 is 1.78 bits per heavy atom. The summed E-state index contributed by atoms with van der Waals surface area (Å²) in [6.07, 6.45) is 1.53. The lowest BCUT2D eigenvalue weighted by atomic mass is 10.1. The zero-order chi connectivity index (χ0) is 19.6. The van der Waals surface area contributed by atoms with Gasteiger partial charge in [-0.2, -0.15) is 0 Å². The van der Waals surface area contributed by atoms with Crippen molar-refractivity contribution in [1.29, 1.82) is 0 Å². The summed E-state index contributed by atoms with van der Waals surface area (Å²) in [6, 6.07) is 11.3. The summed E-state index contributed by atoms with van der Waals surface area (Å²) in [6.45, 7) is 8.72. The molecule has 0 fully saturated rings. The minimum absolute atomic E-state index is 0.167. The Balaban J connectivity index is 1.89. The Bertz CT molecular complexity index is 803. The molecule has 0 spiro atoms. The zero-order valence-corrected chi connectivity index (χ0v) is 16.2. The molecule has 144 valence electrons. The van der Waals surface area contributed by atoms with Gasteiger partial charge in [-0.15, -0.1) is 0 Å². The van der Waals surface area contributed by atoms with Crippen LogP contribution in [0.2, 0.25) is 0 Å². The molecule has 0 radical (unpaired) electrons. The van der Waals surface area contributed by atoms with Gasteiger partial charge in [0.25, 0.3) is 5.91 Å². The molecule has 27 heavy (non-hydrogen) atoms. The topological polar surface area (TPSA) is 69.2 Å². The number of nitrogens with one attached hydrogen (secondary N) is 1. The predicted molar refractivity (Wildman–Crippen MR) is 107 cm³/mol. The minimum atomic E-state index is -0.263. The van der Waals surface area contributed by atoms with E-state index >= 15 is 0 Å². The third-order valence-corrected chi connectivity index (χ3v) is 3.70. The van der Waals surface area contributed by atoms with Crippen molar-refractivity contribution in [2.24, 2.45) is 5.16 Å². The molecule has 0 unspecified atom stereocenters. The SMILES string of the molecule is CCOc1ccc(C=NOCC(=O)Nc2ccc(C)cc2C)cc1OCC. The van der Waals surface area contributed by atoms with Crippen molar-refractivity contribution in [3.05, 3.63) is 53.1 Å². The largest absolute Gasteiger partial charge is 0.490 e. The van der Waals surface area contributed by atoms with Gasteiger partial charge < -0.3 is 19.6 Å². The summed E-state index contributed by atoms with van der Waals surface area (Å²) in [5.74, 6) is 1.07. The number of aryl methyl sites for hydroxylation is 2. The Hall–Kier alpha value is -3.02. The highest BCUT2D eigenvalue weighted by Gasteiger charge is 2.06. The molecule has 6 heteroatoms. The summed E-state index contributed by atoms with van der Waals surface area (Å²) in [4.78, 5) is 17.1. The van der Waals surface area contributed by atoms with Crippen molar-refractivity contribution in [1.82, 2.24) is 0 Å². The molecule has 0 aliphatic rings. The first-order chi connectivity index (χ1) is 13.0. The van der Waals surface area contributed by atoms with Crippen LogP contribution in [0.5, 0.6) is 11.5 Å². The second-order valence-corrected chi connectivity index (χ2v) is 5.95. The molecule has 0 aromatic heterocycles. The zero-order valence-electron chi connectivity index (χ0n) is 16.2. The maximum Gasteiger partial charge on any atom is 0.265 e. The van der Waals surface area contributed by atoms with E-state index in [9.17, 15) is 4.79 Å². The van der Waals surface area contributed by atoms with Gasteiger partial charge in [0.05, 0.1) is 19.4 Å². The maximum absolute atomic E-state index is 12.0. The number of benzene rings is 2. The van der Waals surface area contributed by atoms with Crippen LogP contribution in [0.25, 0.3) is 0 Å². The second-order valence-electron chi connectivity index (χ2n) is 5.95. The lowest BCUT2D eigenvalue weighted by Gasteiger charge is -2.11. The summed E-state index contributed by atoms with van der Waals surface area (Å²) < 4.78 is 11.1. The fourth-order valence-electron chi connectivity index (χ4n) is 2.48. The average molecular weight is 370 g/mol. The number of oxime groups is 1. The number of amides is 1. The van der Waals surface area contributed by atoms with Crippen LogP contribution in [-0.4, -0.2) is 31.9 Å². The lowest BCUT2D eigenvalue weighted by molar-refractivity contribution is -0.120. The summed E-state index contributed by atoms with van der Waals surface area (Å²) in [5.41, 5.74) is 3.71. The van der Waals surface area contributed by atoms with Gasteiger partial charge in [-0.25, -0.2) is 0 Å². The number of anilines is 1. The number of nitrogens with zero attached hydrogens (tertiary/aromatic N) is 1. The van der Waals surface area contributed by atoms with Crippen molar-refractivity contribution >= 4 is 17.8 Å². The van der Waals surface area contributed by atoms with E-state index in [1.54, 1.807) is 0 Å². The fourth-order valence-corrected chi connectivity index (χ4v) is 2.48. The van der Waals surface area contributed by atoms with E-state index in [-0.39, 0.29) is 12.5 Å². The van der Waals surface area contributed by atoms with E-state index in [0.29, 0.717) is 24.7 Å². The fraction of sp³-hybridized carbons (Fsp3) is 0.333. The molecule has 2 aromatic rings. The van der Waals surface area contributed by atoms with Crippen LogP contribution in [-0.2, 0) is 9.63 Å². The van der Waals surface area contributed by atoms with Gasteiger partial charge in [-0.05, 0) is 57.5 Å². The quantitative estimate of drug-likeness (QED) is 0.533. The smallest absolute Gasteiger partial charge is 0.265 e. The summed E-state index contributed by atoms with van der Waals surface area (Å²) in [5, 5.41) is 6.66. The predicted octanol–water partition coefficient (Wildman–Crippen LogP) is 4.09. The Kier molecular flexibility index (Phi) is 7.67. The van der Waals surface area contributed by atoms with E-state index in [4.69, 9.17) is 14.3 Å². The molecule has 6 nitrogen and oxygen atoms in total. The first-order valence-corrected chi connectivity index (χ1v) is 8.95. The van der Waals surface area contributed by atoms with E-state index < -0.39 is 0 Å². The molecule has 0 bridgehead atoms. The van der Waals surface area contributed by atoms with Crippen LogP contribution < -0.4 is 14.8 Å². The number of carbonyl (C=O) groups is 1. The number of carbonyl (C=O) groups excluding carboxylic acids is 1. The first kappa shape index (κ1) is 20.3. The normalized spacial score (nSPS) is 10.7. The molecule has 1 amide bonds. The highest BCUT2D eigenvalue weighted by Crippen LogP contribution is 2.28. The van der Waals surface area contributed by atoms with Gasteiger partial charge in [0.2, 0.25) is 0 Å². The summed E-state index contributed by atoms with van der Waals surface area (Å²) in [7, 11) is 0. The van der Waals surface area contributed by atoms with E-state index in [2.05, 4.69) is 10.5 Å². The molecule has 2 aromatic carbocycles. The molecular weight excluding hydrogens is 344 g/mol. The van der Waals surface area contributed by atoms with Crippen molar-refractivity contribution in [2.45, 2.75) is 27.7 Å². The van der Waals surface area contributed by atoms with Gasteiger partial charge in [-0.3, -0.25) is 4.79 Å². The first-order valence-electron chi connectivity index (χ1n) is 8.95. The molecule has 0 aliphatic carbocycles. The second kappa shape index (κ2) is 10.2. The maximum atomic E-state index is 12.0. The summed E-state index contributed by atoms with van der Waals surface area (Å²) >= 11 is 0. The monoisotopic (exact) mass is 370 g/mol. The number of ether oxygens (including phenoxy) is 2. The van der Waals surface area contributed by atoms with Crippen LogP contribution in [0.4, 0.5) is 5.69 Å². The highest BCUT2D eigenvalue weighted by atomic mass is 16.6. The molecule has 0 saturated heterocycles. The van der Waals surface area contributed by atoms with Gasteiger partial charge in [0.15, 0.2) is 18.1 Å². The van der Waals surface area contributed by atoms with Crippen LogP contribution in [0.1, 0.15) is 30.5 Å².